The average Bonchev–Trinajstić information content (AvgIpc) is 2.78. The third kappa shape index (κ3) is 10.6. The first-order chi connectivity index (χ1) is 15.1. The van der Waals surface area contributed by atoms with E-state index in [1.807, 2.05) is 18.2 Å². The van der Waals surface area contributed by atoms with Crippen LogP contribution in [0, 0.1) is 11.8 Å². The molecule has 31 heavy (non-hydrogen) atoms. The zero-order chi connectivity index (χ0) is 22.3. The lowest BCUT2D eigenvalue weighted by Crippen LogP contribution is -2.40. The van der Waals surface area contributed by atoms with Crippen molar-refractivity contribution in [3.8, 4) is 0 Å². The minimum Gasteiger partial charge on any atom is -0.376 e. The molecule has 1 saturated heterocycles. The third-order valence-corrected chi connectivity index (χ3v) is 5.60. The fourth-order valence-electron chi connectivity index (χ4n) is 3.70. The Bertz CT molecular complexity index is 645. The number of benzene rings is 1. The first-order valence-electron chi connectivity index (χ1n) is 11.7. The molecule has 0 spiro atoms. The van der Waals surface area contributed by atoms with Gasteiger partial charge in [0.2, 0.25) is 5.91 Å². The Kier molecular flexibility index (Phi) is 12.0. The Morgan fingerprint density at radius 3 is 2.65 bits per heavy atom. The van der Waals surface area contributed by atoms with E-state index in [2.05, 4.69) is 41.5 Å². The number of aliphatic imine (C=N–C) groups is 1. The predicted molar refractivity (Wildman–Crippen MR) is 127 cm³/mol. The maximum absolute atomic E-state index is 11.3. The molecule has 2 rings (SSSR count). The zero-order valence-corrected chi connectivity index (χ0v) is 19.3. The number of amides is 1. The van der Waals surface area contributed by atoms with Crippen LogP contribution in [0.5, 0.6) is 0 Å². The Morgan fingerprint density at radius 1 is 1.23 bits per heavy atom. The number of guanidine groups is 1. The largest absolute Gasteiger partial charge is 0.376 e. The molecule has 0 aliphatic carbocycles. The van der Waals surface area contributed by atoms with Gasteiger partial charge >= 0.3 is 0 Å². The molecule has 1 heterocycles. The molecule has 0 aromatic heterocycles. The number of piperidine rings is 1. The van der Waals surface area contributed by atoms with Crippen LogP contribution in [-0.4, -0.2) is 62.6 Å². The number of unbranched alkanes of at least 4 members (excludes halogenated alkanes) is 1. The predicted octanol–water partition coefficient (Wildman–Crippen LogP) is 2.37. The summed E-state index contributed by atoms with van der Waals surface area (Å²) in [5.74, 6) is 1.17. The summed E-state index contributed by atoms with van der Waals surface area (Å²) in [6.45, 7) is 11.1. The van der Waals surface area contributed by atoms with Gasteiger partial charge in [-0.15, -0.1) is 0 Å². The van der Waals surface area contributed by atoms with E-state index in [1.54, 1.807) is 0 Å². The van der Waals surface area contributed by atoms with E-state index < -0.39 is 0 Å². The van der Waals surface area contributed by atoms with Crippen molar-refractivity contribution in [3.05, 3.63) is 35.9 Å². The fraction of sp³-hybridized carbons (Fsp3) is 0.667. The molecule has 0 saturated carbocycles. The standard InChI is InChI=1S/C24H41N5O2/c1-3-26-24(28-17-20(2)18-31-19-21-9-5-4-6-10-21)27-13-7-8-14-29-15-11-22(12-16-29)23(25)30/h4-6,9-10,20,22H,3,7-8,11-19H2,1-2H3,(H2,25,30)(H2,26,27,28). The van der Waals surface area contributed by atoms with Crippen LogP contribution in [-0.2, 0) is 16.1 Å². The smallest absolute Gasteiger partial charge is 0.220 e. The van der Waals surface area contributed by atoms with Gasteiger partial charge in [0.05, 0.1) is 13.2 Å². The number of primary amides is 1. The lowest BCUT2D eigenvalue weighted by Gasteiger charge is -2.30. The normalized spacial score (nSPS) is 16.8. The van der Waals surface area contributed by atoms with Crippen LogP contribution in [0.1, 0.15) is 45.1 Å². The molecule has 7 nitrogen and oxygen atoms in total. The van der Waals surface area contributed by atoms with Gasteiger partial charge in [0.15, 0.2) is 5.96 Å². The van der Waals surface area contributed by atoms with E-state index in [4.69, 9.17) is 15.5 Å². The van der Waals surface area contributed by atoms with E-state index >= 15 is 0 Å². The van der Waals surface area contributed by atoms with Crippen molar-refractivity contribution in [2.75, 3.05) is 45.9 Å². The lowest BCUT2D eigenvalue weighted by molar-refractivity contribution is -0.123. The first kappa shape index (κ1) is 25.1. The quantitative estimate of drug-likeness (QED) is 0.253. The fourth-order valence-corrected chi connectivity index (χ4v) is 3.70. The number of nitrogens with two attached hydrogens (primary N) is 1. The summed E-state index contributed by atoms with van der Waals surface area (Å²) in [5.41, 5.74) is 6.61. The lowest BCUT2D eigenvalue weighted by atomic mass is 9.96. The molecule has 1 aromatic rings. The second kappa shape index (κ2) is 14.8. The minimum absolute atomic E-state index is 0.0722. The van der Waals surface area contributed by atoms with Gasteiger partial charge in [0.25, 0.3) is 0 Å². The second-order valence-electron chi connectivity index (χ2n) is 8.48. The topological polar surface area (TPSA) is 92.0 Å². The van der Waals surface area contributed by atoms with E-state index in [9.17, 15) is 4.79 Å². The Hall–Kier alpha value is -2.12. The number of nitrogens with zero attached hydrogens (tertiary/aromatic N) is 2. The molecular weight excluding hydrogens is 390 g/mol. The van der Waals surface area contributed by atoms with E-state index in [0.29, 0.717) is 19.1 Å². The molecule has 174 valence electrons. The summed E-state index contributed by atoms with van der Waals surface area (Å²) in [6.07, 6.45) is 4.03. The highest BCUT2D eigenvalue weighted by Gasteiger charge is 2.22. The molecule has 1 aliphatic heterocycles. The van der Waals surface area contributed by atoms with Crippen LogP contribution in [0.2, 0.25) is 0 Å². The summed E-state index contributed by atoms with van der Waals surface area (Å²) in [5, 5.41) is 6.76. The van der Waals surface area contributed by atoms with Crippen LogP contribution in [0.25, 0.3) is 0 Å². The number of rotatable bonds is 13. The van der Waals surface area contributed by atoms with E-state index in [0.717, 1.165) is 70.9 Å². The van der Waals surface area contributed by atoms with Crippen molar-refractivity contribution in [3.63, 3.8) is 0 Å². The Labute approximate surface area is 187 Å². The molecule has 1 fully saturated rings. The van der Waals surface area contributed by atoms with Gasteiger partial charge in [0.1, 0.15) is 0 Å². The monoisotopic (exact) mass is 431 g/mol. The number of carbonyl (C=O) groups excluding carboxylic acids is 1. The van der Waals surface area contributed by atoms with Crippen molar-refractivity contribution in [2.24, 2.45) is 22.6 Å². The highest BCUT2D eigenvalue weighted by atomic mass is 16.5. The molecule has 1 atom stereocenters. The van der Waals surface area contributed by atoms with Gasteiger partial charge in [-0.3, -0.25) is 9.79 Å². The van der Waals surface area contributed by atoms with Crippen LogP contribution in [0.3, 0.4) is 0 Å². The molecule has 1 aliphatic rings. The molecule has 0 bridgehead atoms. The van der Waals surface area contributed by atoms with Crippen molar-refractivity contribution in [1.29, 1.82) is 0 Å². The van der Waals surface area contributed by atoms with Crippen molar-refractivity contribution < 1.29 is 9.53 Å². The van der Waals surface area contributed by atoms with E-state index in [-0.39, 0.29) is 11.8 Å². The molecule has 4 N–H and O–H groups in total. The van der Waals surface area contributed by atoms with Gasteiger partial charge in [0, 0.05) is 25.6 Å². The summed E-state index contributed by atoms with van der Waals surface area (Å²) in [4.78, 5) is 18.4. The average molecular weight is 432 g/mol. The van der Waals surface area contributed by atoms with Crippen LogP contribution in [0.15, 0.2) is 35.3 Å². The number of hydrogen-bond donors (Lipinski definition) is 3. The molecule has 1 aromatic carbocycles. The number of hydrogen-bond acceptors (Lipinski definition) is 4. The minimum atomic E-state index is -0.142. The molecular formula is C24H41N5O2. The van der Waals surface area contributed by atoms with Gasteiger partial charge in [-0.05, 0) is 63.7 Å². The molecule has 0 radical (unpaired) electrons. The number of nitrogens with one attached hydrogen (secondary N) is 2. The maximum atomic E-state index is 11.3. The van der Waals surface area contributed by atoms with Gasteiger partial charge < -0.3 is 26.0 Å². The van der Waals surface area contributed by atoms with Gasteiger partial charge in [-0.2, -0.15) is 0 Å². The van der Waals surface area contributed by atoms with Gasteiger partial charge in [-0.25, -0.2) is 0 Å². The molecule has 1 unspecified atom stereocenters. The van der Waals surface area contributed by atoms with Crippen LogP contribution < -0.4 is 16.4 Å². The van der Waals surface area contributed by atoms with Crippen molar-refractivity contribution >= 4 is 11.9 Å². The van der Waals surface area contributed by atoms with Crippen LogP contribution >= 0.6 is 0 Å². The first-order valence-corrected chi connectivity index (χ1v) is 11.7. The van der Waals surface area contributed by atoms with E-state index in [1.165, 1.54) is 5.56 Å². The Morgan fingerprint density at radius 2 is 1.97 bits per heavy atom. The SMILES string of the molecule is CCNC(=NCC(C)COCc1ccccc1)NCCCCN1CCC(C(N)=O)CC1. The highest BCUT2D eigenvalue weighted by Crippen LogP contribution is 2.16. The number of likely N-dealkylation sites (tertiary alicyclic amines) is 1. The third-order valence-electron chi connectivity index (χ3n) is 5.60. The zero-order valence-electron chi connectivity index (χ0n) is 19.3. The van der Waals surface area contributed by atoms with Gasteiger partial charge in [-0.1, -0.05) is 37.3 Å². The maximum Gasteiger partial charge on any atom is 0.220 e. The number of carbonyl (C=O) groups is 1. The van der Waals surface area contributed by atoms with Crippen LogP contribution in [0.4, 0.5) is 0 Å². The summed E-state index contributed by atoms with van der Waals surface area (Å²) in [7, 11) is 0. The highest BCUT2D eigenvalue weighted by molar-refractivity contribution is 5.79. The number of ether oxygens (including phenoxy) is 1. The summed E-state index contributed by atoms with van der Waals surface area (Å²) >= 11 is 0. The van der Waals surface area contributed by atoms with Crippen molar-refractivity contribution in [2.45, 2.75) is 46.1 Å². The molecule has 1 amide bonds. The molecule has 7 heteroatoms. The second-order valence-corrected chi connectivity index (χ2v) is 8.48. The summed E-state index contributed by atoms with van der Waals surface area (Å²) < 4.78 is 5.82. The summed E-state index contributed by atoms with van der Waals surface area (Å²) in [6, 6.07) is 10.3. The Balaban J connectivity index is 1.57. The van der Waals surface area contributed by atoms with Crippen molar-refractivity contribution in [1.82, 2.24) is 15.5 Å².